The highest BCUT2D eigenvalue weighted by Gasteiger charge is 2.33. The van der Waals surface area contributed by atoms with Gasteiger partial charge in [0.05, 0.1) is 31.6 Å². The van der Waals surface area contributed by atoms with Crippen molar-refractivity contribution in [3.63, 3.8) is 0 Å². The van der Waals surface area contributed by atoms with Crippen LogP contribution < -0.4 is 9.47 Å². The molecule has 0 saturated heterocycles. The van der Waals surface area contributed by atoms with Crippen molar-refractivity contribution < 1.29 is 14.3 Å². The molecule has 16 heavy (non-hydrogen) atoms. The number of ether oxygens (including phenoxy) is 2. The van der Waals surface area contributed by atoms with E-state index in [-0.39, 0.29) is 6.54 Å². The number of hydrogen-bond donors (Lipinski definition) is 0. The summed E-state index contributed by atoms with van der Waals surface area (Å²) in [7, 11) is 2.93. The summed E-state index contributed by atoms with van der Waals surface area (Å²) in [4.78, 5) is 22.2. The van der Waals surface area contributed by atoms with E-state index in [1.54, 1.807) is 12.1 Å². The van der Waals surface area contributed by atoms with Gasteiger partial charge in [-0.1, -0.05) is 6.07 Å². The summed E-state index contributed by atoms with van der Waals surface area (Å²) in [5.41, 5.74) is 1.06. The first kappa shape index (κ1) is 10.4. The van der Waals surface area contributed by atoms with E-state index < -0.39 is 5.91 Å². The molecule has 0 aromatic heterocycles. The van der Waals surface area contributed by atoms with Crippen molar-refractivity contribution in [2.75, 3.05) is 14.2 Å². The molecule has 0 atom stereocenters. The molecule has 0 N–H and O–H groups in total. The number of benzene rings is 1. The summed E-state index contributed by atoms with van der Waals surface area (Å²) in [6, 6.07) is 3.42. The van der Waals surface area contributed by atoms with Gasteiger partial charge in [-0.3, -0.25) is 4.79 Å². The zero-order valence-electron chi connectivity index (χ0n) is 8.89. The van der Waals surface area contributed by atoms with Crippen molar-refractivity contribution in [3.8, 4) is 11.5 Å². The van der Waals surface area contributed by atoms with Crippen LogP contribution in [0.4, 0.5) is 0 Å². The third-order valence-electron chi connectivity index (χ3n) is 2.50. The fourth-order valence-corrected chi connectivity index (χ4v) is 1.76. The average Bonchev–Trinajstić information content (AvgIpc) is 2.65. The van der Waals surface area contributed by atoms with Gasteiger partial charge in [0.1, 0.15) is 0 Å². The Bertz CT molecular complexity index is 458. The van der Waals surface area contributed by atoms with Gasteiger partial charge in [-0.2, -0.15) is 5.01 Å². The van der Waals surface area contributed by atoms with Gasteiger partial charge in [0, 0.05) is 0 Å². The first-order chi connectivity index (χ1) is 7.72. The van der Waals surface area contributed by atoms with E-state index in [9.17, 15) is 9.70 Å². The molecule has 1 heterocycles. The summed E-state index contributed by atoms with van der Waals surface area (Å²) in [5.74, 6) is 0.347. The van der Waals surface area contributed by atoms with E-state index in [0.717, 1.165) is 5.01 Å². The van der Waals surface area contributed by atoms with Crippen molar-refractivity contribution in [2.24, 2.45) is 5.29 Å². The van der Waals surface area contributed by atoms with Gasteiger partial charge in [0.15, 0.2) is 11.5 Å². The van der Waals surface area contributed by atoms with E-state index in [1.165, 1.54) is 14.2 Å². The second kappa shape index (κ2) is 3.80. The topological polar surface area (TPSA) is 68.2 Å². The summed E-state index contributed by atoms with van der Waals surface area (Å²) in [6.45, 7) is 0.179. The van der Waals surface area contributed by atoms with Crippen LogP contribution in [0.5, 0.6) is 11.5 Å². The molecule has 0 radical (unpaired) electrons. The van der Waals surface area contributed by atoms with Crippen molar-refractivity contribution >= 4 is 5.91 Å². The van der Waals surface area contributed by atoms with Gasteiger partial charge in [0.2, 0.25) is 0 Å². The first-order valence-corrected chi connectivity index (χ1v) is 4.62. The minimum atomic E-state index is -0.458. The van der Waals surface area contributed by atoms with E-state index >= 15 is 0 Å². The lowest BCUT2D eigenvalue weighted by Crippen LogP contribution is -2.16. The normalized spacial score (nSPS) is 13.6. The van der Waals surface area contributed by atoms with Gasteiger partial charge in [-0.05, 0) is 11.6 Å². The van der Waals surface area contributed by atoms with Crippen LogP contribution in [0.3, 0.4) is 0 Å². The van der Waals surface area contributed by atoms with Crippen LogP contribution in [0, 0.1) is 4.91 Å². The second-order valence-electron chi connectivity index (χ2n) is 3.28. The zero-order valence-corrected chi connectivity index (χ0v) is 8.89. The lowest BCUT2D eigenvalue weighted by atomic mass is 10.1. The van der Waals surface area contributed by atoms with Crippen molar-refractivity contribution in [3.05, 3.63) is 28.2 Å². The molecule has 1 amide bonds. The molecule has 0 spiro atoms. The number of nitroso groups, excluding NO2 is 1. The first-order valence-electron chi connectivity index (χ1n) is 4.62. The van der Waals surface area contributed by atoms with E-state index in [0.29, 0.717) is 22.6 Å². The molecule has 6 nitrogen and oxygen atoms in total. The van der Waals surface area contributed by atoms with Crippen LogP contribution in [0.1, 0.15) is 15.9 Å². The highest BCUT2D eigenvalue weighted by Crippen LogP contribution is 2.38. The number of nitrogens with zero attached hydrogens (tertiary/aromatic N) is 2. The minimum Gasteiger partial charge on any atom is -0.493 e. The number of amides is 1. The molecule has 1 aromatic rings. The van der Waals surface area contributed by atoms with Crippen LogP contribution >= 0.6 is 0 Å². The molecular weight excluding hydrogens is 212 g/mol. The highest BCUT2D eigenvalue weighted by molar-refractivity contribution is 6.01. The van der Waals surface area contributed by atoms with Crippen LogP contribution in [0.15, 0.2) is 17.4 Å². The Morgan fingerprint density at radius 3 is 2.62 bits per heavy atom. The summed E-state index contributed by atoms with van der Waals surface area (Å²) in [5, 5.41) is 3.51. The predicted octanol–water partition coefficient (Wildman–Crippen LogP) is 1.34. The van der Waals surface area contributed by atoms with Gasteiger partial charge in [0.25, 0.3) is 5.91 Å². The fraction of sp³-hybridized carbons (Fsp3) is 0.300. The monoisotopic (exact) mass is 222 g/mol. The largest absolute Gasteiger partial charge is 0.493 e. The quantitative estimate of drug-likeness (QED) is 0.724. The molecule has 0 fully saturated rings. The molecule has 1 aliphatic rings. The maximum atomic E-state index is 11.8. The van der Waals surface area contributed by atoms with Gasteiger partial charge in [-0.25, -0.2) is 0 Å². The van der Waals surface area contributed by atoms with E-state index in [1.807, 2.05) is 0 Å². The number of rotatable bonds is 3. The number of hydrogen-bond acceptors (Lipinski definition) is 5. The number of fused-ring (bicyclic) bond motifs is 1. The Hall–Kier alpha value is -2.11. The van der Waals surface area contributed by atoms with Crippen molar-refractivity contribution in [1.29, 1.82) is 0 Å². The number of carbonyl (C=O) groups excluding carboxylic acids is 1. The van der Waals surface area contributed by atoms with Crippen LogP contribution in [0.2, 0.25) is 0 Å². The molecule has 1 aromatic carbocycles. The third kappa shape index (κ3) is 1.30. The Labute approximate surface area is 91.7 Å². The van der Waals surface area contributed by atoms with E-state index in [4.69, 9.17) is 9.47 Å². The van der Waals surface area contributed by atoms with Crippen LogP contribution in [0.25, 0.3) is 0 Å². The predicted molar refractivity (Wildman–Crippen MR) is 55.2 cm³/mol. The smallest absolute Gasteiger partial charge is 0.281 e. The Morgan fingerprint density at radius 1 is 1.31 bits per heavy atom. The molecule has 84 valence electrons. The molecule has 0 aliphatic carbocycles. The maximum absolute atomic E-state index is 11.8. The molecule has 2 rings (SSSR count). The standard InChI is InChI=1S/C10H10N2O4/c1-15-7-4-3-6-5-12(11-14)10(13)8(6)9(7)16-2/h3-4H,5H2,1-2H3. The van der Waals surface area contributed by atoms with Crippen molar-refractivity contribution in [2.45, 2.75) is 6.54 Å². The Balaban J connectivity index is 2.58. The summed E-state index contributed by atoms with van der Waals surface area (Å²) >= 11 is 0. The molecule has 6 heteroatoms. The van der Waals surface area contributed by atoms with Crippen LogP contribution in [-0.2, 0) is 6.54 Å². The lowest BCUT2D eigenvalue weighted by molar-refractivity contribution is 0.0777. The zero-order chi connectivity index (χ0) is 11.7. The summed E-state index contributed by atoms with van der Waals surface area (Å²) in [6.07, 6.45) is 0. The Kier molecular flexibility index (Phi) is 2.47. The fourth-order valence-electron chi connectivity index (χ4n) is 1.76. The molecule has 0 unspecified atom stereocenters. The van der Waals surface area contributed by atoms with Gasteiger partial charge < -0.3 is 9.47 Å². The number of carbonyl (C=O) groups is 1. The molecule has 1 aliphatic heterocycles. The molecule has 0 bridgehead atoms. The van der Waals surface area contributed by atoms with Crippen LogP contribution in [-0.4, -0.2) is 25.1 Å². The molecular formula is C10H10N2O4. The second-order valence-corrected chi connectivity index (χ2v) is 3.28. The average molecular weight is 222 g/mol. The summed E-state index contributed by atoms with van der Waals surface area (Å²) < 4.78 is 10.2. The number of methoxy groups -OCH3 is 2. The SMILES string of the molecule is COc1ccc2c(c1OC)C(=O)N(N=O)C2. The van der Waals surface area contributed by atoms with E-state index in [2.05, 4.69) is 5.29 Å². The maximum Gasteiger partial charge on any atom is 0.281 e. The lowest BCUT2D eigenvalue weighted by Gasteiger charge is -2.10. The molecule has 0 saturated carbocycles. The minimum absolute atomic E-state index is 0.179. The van der Waals surface area contributed by atoms with Gasteiger partial charge >= 0.3 is 0 Å². The highest BCUT2D eigenvalue weighted by atomic mass is 16.5. The third-order valence-corrected chi connectivity index (χ3v) is 2.50. The Morgan fingerprint density at radius 2 is 2.06 bits per heavy atom. The van der Waals surface area contributed by atoms with Gasteiger partial charge in [-0.15, -0.1) is 4.91 Å². The van der Waals surface area contributed by atoms with Crippen molar-refractivity contribution in [1.82, 2.24) is 5.01 Å².